The lowest BCUT2D eigenvalue weighted by Crippen LogP contribution is -2.40. The molecule has 0 aliphatic carbocycles. The number of primary amides is 1. The summed E-state index contributed by atoms with van der Waals surface area (Å²) in [6.45, 7) is 0.800. The van der Waals surface area contributed by atoms with Crippen LogP contribution in [-0.2, 0) is 4.79 Å². The monoisotopic (exact) mass is 221 g/mol. The van der Waals surface area contributed by atoms with Crippen molar-refractivity contribution in [2.24, 2.45) is 11.6 Å². The number of hydrogen-bond acceptors (Lipinski definition) is 5. The Morgan fingerprint density at radius 1 is 1.56 bits per heavy atom. The maximum absolute atomic E-state index is 11.3. The number of hydrogen-bond donors (Lipinski definition) is 3. The number of nitrogen functional groups attached to an aromatic ring is 1. The van der Waals surface area contributed by atoms with Crippen LogP contribution in [0.2, 0.25) is 0 Å². The van der Waals surface area contributed by atoms with Gasteiger partial charge in [0.05, 0.1) is 0 Å². The Hall–Kier alpha value is -1.82. The Bertz CT molecular complexity index is 395. The van der Waals surface area contributed by atoms with Gasteiger partial charge in [-0.25, -0.2) is 10.8 Å². The molecule has 0 radical (unpaired) electrons. The average molecular weight is 221 g/mol. The van der Waals surface area contributed by atoms with Gasteiger partial charge in [0.25, 0.3) is 0 Å². The fourth-order valence-electron chi connectivity index (χ4n) is 2.00. The molecular weight excluding hydrogens is 206 g/mol. The lowest BCUT2D eigenvalue weighted by molar-refractivity contribution is -0.119. The summed E-state index contributed by atoms with van der Waals surface area (Å²) in [5, 5.41) is 0. The number of anilines is 2. The van der Waals surface area contributed by atoms with Crippen molar-refractivity contribution in [3.63, 3.8) is 0 Å². The zero-order chi connectivity index (χ0) is 11.5. The molecule has 1 aliphatic rings. The summed E-state index contributed by atoms with van der Waals surface area (Å²) < 4.78 is 0. The van der Waals surface area contributed by atoms with Crippen LogP contribution in [0, 0.1) is 0 Å². The molecule has 16 heavy (non-hydrogen) atoms. The lowest BCUT2D eigenvalue weighted by atomic mass is 10.2. The predicted molar refractivity (Wildman–Crippen MR) is 61.6 cm³/mol. The minimum atomic E-state index is -0.301. The molecule has 0 saturated carbocycles. The van der Waals surface area contributed by atoms with E-state index in [2.05, 4.69) is 10.4 Å². The van der Waals surface area contributed by atoms with Crippen molar-refractivity contribution in [1.82, 2.24) is 4.98 Å². The van der Waals surface area contributed by atoms with Gasteiger partial charge in [-0.3, -0.25) is 4.79 Å². The molecule has 5 N–H and O–H groups in total. The minimum absolute atomic E-state index is 0.250. The van der Waals surface area contributed by atoms with Gasteiger partial charge in [-0.05, 0) is 25.0 Å². The number of nitrogens with two attached hydrogens (primary N) is 2. The Morgan fingerprint density at radius 3 is 3.06 bits per heavy atom. The number of rotatable bonds is 3. The Morgan fingerprint density at radius 2 is 2.38 bits per heavy atom. The average Bonchev–Trinajstić information content (AvgIpc) is 2.78. The first-order valence-electron chi connectivity index (χ1n) is 5.22. The standard InChI is InChI=1S/C10H15N5O/c11-10(16)7-3-2-6-15(7)9-5-1-4-8(13-9)14-12/h1,4-5,7H,2-3,6,12H2,(H2,11,16)(H,13,14). The first kappa shape index (κ1) is 10.7. The summed E-state index contributed by atoms with van der Waals surface area (Å²) in [4.78, 5) is 17.5. The second-order valence-corrected chi connectivity index (χ2v) is 3.78. The van der Waals surface area contributed by atoms with Crippen LogP contribution in [0.4, 0.5) is 11.6 Å². The van der Waals surface area contributed by atoms with Crippen molar-refractivity contribution in [3.8, 4) is 0 Å². The van der Waals surface area contributed by atoms with E-state index in [1.807, 2.05) is 17.0 Å². The molecule has 6 heteroatoms. The van der Waals surface area contributed by atoms with Crippen LogP contribution in [-0.4, -0.2) is 23.5 Å². The molecule has 2 rings (SSSR count). The SMILES string of the molecule is NNc1cccc(N2CCCC2C(N)=O)n1. The van der Waals surface area contributed by atoms with Gasteiger partial charge < -0.3 is 16.1 Å². The van der Waals surface area contributed by atoms with E-state index in [4.69, 9.17) is 11.6 Å². The highest BCUT2D eigenvalue weighted by Gasteiger charge is 2.29. The third-order valence-corrected chi connectivity index (χ3v) is 2.76. The number of hydrazine groups is 1. The van der Waals surface area contributed by atoms with Crippen molar-refractivity contribution < 1.29 is 4.79 Å². The van der Waals surface area contributed by atoms with Gasteiger partial charge in [0.2, 0.25) is 5.91 Å². The Balaban J connectivity index is 2.25. The summed E-state index contributed by atoms with van der Waals surface area (Å²) in [5.41, 5.74) is 7.83. The number of amides is 1. The Labute approximate surface area is 93.6 Å². The molecule has 2 heterocycles. The van der Waals surface area contributed by atoms with E-state index in [9.17, 15) is 4.79 Å². The topological polar surface area (TPSA) is 97.3 Å². The largest absolute Gasteiger partial charge is 0.368 e. The molecule has 1 amide bonds. The van der Waals surface area contributed by atoms with Gasteiger partial charge in [0.1, 0.15) is 17.7 Å². The molecule has 1 aromatic heterocycles. The second-order valence-electron chi connectivity index (χ2n) is 3.78. The Kier molecular flexibility index (Phi) is 2.91. The van der Waals surface area contributed by atoms with Crippen LogP contribution in [0.3, 0.4) is 0 Å². The first-order valence-corrected chi connectivity index (χ1v) is 5.22. The summed E-state index contributed by atoms with van der Waals surface area (Å²) in [5.74, 6) is 6.30. The van der Waals surface area contributed by atoms with E-state index in [-0.39, 0.29) is 11.9 Å². The van der Waals surface area contributed by atoms with E-state index in [1.165, 1.54) is 0 Å². The summed E-state index contributed by atoms with van der Waals surface area (Å²) in [6.07, 6.45) is 1.74. The van der Waals surface area contributed by atoms with E-state index >= 15 is 0 Å². The molecule has 1 atom stereocenters. The highest BCUT2D eigenvalue weighted by molar-refractivity contribution is 5.84. The second kappa shape index (κ2) is 4.36. The number of nitrogens with zero attached hydrogens (tertiary/aromatic N) is 2. The van der Waals surface area contributed by atoms with Crippen LogP contribution in [0.1, 0.15) is 12.8 Å². The van der Waals surface area contributed by atoms with E-state index in [0.717, 1.165) is 25.2 Å². The summed E-state index contributed by atoms with van der Waals surface area (Å²) >= 11 is 0. The van der Waals surface area contributed by atoms with Gasteiger partial charge in [0, 0.05) is 6.54 Å². The summed E-state index contributed by atoms with van der Waals surface area (Å²) in [6, 6.07) is 5.20. The lowest BCUT2D eigenvalue weighted by Gasteiger charge is -2.23. The van der Waals surface area contributed by atoms with Crippen molar-refractivity contribution in [2.45, 2.75) is 18.9 Å². The smallest absolute Gasteiger partial charge is 0.240 e. The van der Waals surface area contributed by atoms with Gasteiger partial charge in [-0.2, -0.15) is 0 Å². The molecular formula is C10H15N5O. The molecule has 1 saturated heterocycles. The minimum Gasteiger partial charge on any atom is -0.368 e. The number of nitrogens with one attached hydrogen (secondary N) is 1. The third-order valence-electron chi connectivity index (χ3n) is 2.76. The van der Waals surface area contributed by atoms with E-state index in [1.54, 1.807) is 6.07 Å². The molecule has 0 aromatic carbocycles. The van der Waals surface area contributed by atoms with Crippen molar-refractivity contribution in [1.29, 1.82) is 0 Å². The highest BCUT2D eigenvalue weighted by atomic mass is 16.1. The molecule has 1 unspecified atom stereocenters. The predicted octanol–water partition coefficient (Wildman–Crippen LogP) is -0.179. The number of pyridine rings is 1. The van der Waals surface area contributed by atoms with Crippen LogP contribution in [0.15, 0.2) is 18.2 Å². The van der Waals surface area contributed by atoms with Crippen LogP contribution < -0.4 is 21.9 Å². The number of carbonyl (C=O) groups excluding carboxylic acids is 1. The fourth-order valence-corrected chi connectivity index (χ4v) is 2.00. The van der Waals surface area contributed by atoms with Crippen molar-refractivity contribution in [3.05, 3.63) is 18.2 Å². The number of aromatic nitrogens is 1. The molecule has 0 bridgehead atoms. The zero-order valence-electron chi connectivity index (χ0n) is 8.89. The molecule has 1 fully saturated rings. The van der Waals surface area contributed by atoms with Crippen LogP contribution in [0.5, 0.6) is 0 Å². The van der Waals surface area contributed by atoms with Crippen molar-refractivity contribution >= 4 is 17.5 Å². The van der Waals surface area contributed by atoms with E-state index in [0.29, 0.717) is 5.82 Å². The van der Waals surface area contributed by atoms with Crippen molar-refractivity contribution in [2.75, 3.05) is 16.9 Å². The zero-order valence-corrected chi connectivity index (χ0v) is 8.89. The number of carbonyl (C=O) groups is 1. The first-order chi connectivity index (χ1) is 7.72. The molecule has 86 valence electrons. The van der Waals surface area contributed by atoms with Gasteiger partial charge in [-0.1, -0.05) is 6.07 Å². The maximum atomic E-state index is 11.3. The molecule has 0 spiro atoms. The van der Waals surface area contributed by atoms with Crippen LogP contribution >= 0.6 is 0 Å². The van der Waals surface area contributed by atoms with Crippen LogP contribution in [0.25, 0.3) is 0 Å². The van der Waals surface area contributed by atoms with Gasteiger partial charge >= 0.3 is 0 Å². The van der Waals surface area contributed by atoms with E-state index < -0.39 is 0 Å². The molecule has 1 aliphatic heterocycles. The highest BCUT2D eigenvalue weighted by Crippen LogP contribution is 2.24. The maximum Gasteiger partial charge on any atom is 0.240 e. The normalized spacial score (nSPS) is 19.8. The third kappa shape index (κ3) is 1.92. The molecule has 6 nitrogen and oxygen atoms in total. The summed E-state index contributed by atoms with van der Waals surface area (Å²) in [7, 11) is 0. The van der Waals surface area contributed by atoms with Gasteiger partial charge in [-0.15, -0.1) is 0 Å². The quantitative estimate of drug-likeness (QED) is 0.486. The van der Waals surface area contributed by atoms with Gasteiger partial charge in [0.15, 0.2) is 0 Å². The fraction of sp³-hybridized carbons (Fsp3) is 0.400. The molecule has 1 aromatic rings.